The van der Waals surface area contributed by atoms with Crippen LogP contribution in [0.5, 0.6) is 0 Å². The van der Waals surface area contributed by atoms with Crippen molar-refractivity contribution in [2.45, 2.75) is 20.3 Å². The monoisotopic (exact) mass is 395 g/mol. The molecule has 1 aromatic rings. The van der Waals surface area contributed by atoms with Crippen LogP contribution >= 0.6 is 0 Å². The Morgan fingerprint density at radius 2 is 1.64 bits per heavy atom. The predicted octanol–water partition coefficient (Wildman–Crippen LogP) is 0.709. The summed E-state index contributed by atoms with van der Waals surface area (Å²) in [6, 6.07) is 6.03. The highest BCUT2D eigenvalue weighted by atomic mass is 16.5. The van der Waals surface area contributed by atoms with Crippen LogP contribution in [0.3, 0.4) is 0 Å². The van der Waals surface area contributed by atoms with Gasteiger partial charge in [-0.3, -0.25) is 9.69 Å². The number of nitrogens with one attached hydrogen (secondary N) is 2. The summed E-state index contributed by atoms with van der Waals surface area (Å²) < 4.78 is 5.32. The number of aliphatic carboxylic acids is 2. The lowest BCUT2D eigenvalue weighted by Gasteiger charge is -2.26. The normalized spacial score (nSPS) is 13.9. The molecule has 9 heteroatoms. The zero-order valence-corrected chi connectivity index (χ0v) is 16.4. The molecule has 1 amide bonds. The van der Waals surface area contributed by atoms with Crippen molar-refractivity contribution >= 4 is 23.5 Å². The van der Waals surface area contributed by atoms with Crippen LogP contribution in [0.25, 0.3) is 0 Å². The minimum absolute atomic E-state index is 0.0174. The molecule has 0 atom stereocenters. The van der Waals surface area contributed by atoms with Gasteiger partial charge in [-0.15, -0.1) is 0 Å². The molecule has 0 aromatic heterocycles. The molecular weight excluding hydrogens is 366 g/mol. The highest BCUT2D eigenvalue weighted by Gasteiger charge is 2.10. The third kappa shape index (κ3) is 9.45. The van der Waals surface area contributed by atoms with Gasteiger partial charge in [-0.2, -0.15) is 0 Å². The number of carbonyl (C=O) groups excluding carboxylic acids is 1. The summed E-state index contributed by atoms with van der Waals surface area (Å²) in [5.74, 6) is -3.63. The molecule has 0 spiro atoms. The third-order valence-corrected chi connectivity index (χ3v) is 4.15. The van der Waals surface area contributed by atoms with Gasteiger partial charge in [-0.1, -0.05) is 18.2 Å². The Bertz CT molecular complexity index is 627. The summed E-state index contributed by atoms with van der Waals surface area (Å²) in [4.78, 5) is 32.6. The van der Waals surface area contributed by atoms with E-state index < -0.39 is 11.9 Å². The number of para-hydroxylation sites is 1. The molecule has 0 unspecified atom stereocenters. The number of ether oxygens (including phenoxy) is 1. The van der Waals surface area contributed by atoms with E-state index in [-0.39, 0.29) is 5.91 Å². The van der Waals surface area contributed by atoms with Crippen molar-refractivity contribution in [2.75, 3.05) is 51.3 Å². The SMILES string of the molecule is Cc1cccc(C)c1NC(=O)CNCCCN1CCOCC1.O=C(O)C(=O)O. The number of hydrogen-bond donors (Lipinski definition) is 4. The van der Waals surface area contributed by atoms with Crippen molar-refractivity contribution in [3.8, 4) is 0 Å². The Kier molecular flexibility index (Phi) is 10.8. The van der Waals surface area contributed by atoms with Crippen LogP contribution in [-0.2, 0) is 19.1 Å². The molecule has 0 bridgehead atoms. The molecule has 4 N–H and O–H groups in total. The van der Waals surface area contributed by atoms with Gasteiger partial charge in [-0.05, 0) is 44.5 Å². The fourth-order valence-corrected chi connectivity index (χ4v) is 2.65. The quantitative estimate of drug-likeness (QED) is 0.393. The Morgan fingerprint density at radius 1 is 1.07 bits per heavy atom. The van der Waals surface area contributed by atoms with E-state index in [1.807, 2.05) is 32.0 Å². The van der Waals surface area contributed by atoms with Gasteiger partial charge in [0.25, 0.3) is 0 Å². The van der Waals surface area contributed by atoms with E-state index in [4.69, 9.17) is 24.5 Å². The summed E-state index contributed by atoms with van der Waals surface area (Å²) in [5.41, 5.74) is 3.13. The van der Waals surface area contributed by atoms with Gasteiger partial charge in [0, 0.05) is 18.8 Å². The molecule has 0 aliphatic carbocycles. The van der Waals surface area contributed by atoms with Crippen molar-refractivity contribution < 1.29 is 29.3 Å². The first-order valence-electron chi connectivity index (χ1n) is 9.14. The number of hydrogen-bond acceptors (Lipinski definition) is 6. The highest BCUT2D eigenvalue weighted by molar-refractivity contribution is 6.27. The zero-order valence-electron chi connectivity index (χ0n) is 16.4. The number of nitrogens with zero attached hydrogens (tertiary/aromatic N) is 1. The number of carboxylic acid groups (broad SMARTS) is 2. The first-order chi connectivity index (χ1) is 13.3. The number of morpholine rings is 1. The number of amides is 1. The van der Waals surface area contributed by atoms with Crippen LogP contribution in [0.2, 0.25) is 0 Å². The van der Waals surface area contributed by atoms with E-state index in [0.29, 0.717) is 6.54 Å². The predicted molar refractivity (Wildman–Crippen MR) is 105 cm³/mol. The van der Waals surface area contributed by atoms with E-state index in [2.05, 4.69) is 15.5 Å². The van der Waals surface area contributed by atoms with Gasteiger partial charge in [0.15, 0.2) is 0 Å². The molecule has 1 aliphatic rings. The maximum absolute atomic E-state index is 12.0. The lowest BCUT2D eigenvalue weighted by atomic mass is 10.1. The second kappa shape index (κ2) is 12.8. The Morgan fingerprint density at radius 3 is 2.18 bits per heavy atom. The fourth-order valence-electron chi connectivity index (χ4n) is 2.65. The second-order valence-electron chi connectivity index (χ2n) is 6.41. The van der Waals surface area contributed by atoms with Crippen molar-refractivity contribution in [2.24, 2.45) is 0 Å². The second-order valence-corrected chi connectivity index (χ2v) is 6.41. The summed E-state index contributed by atoms with van der Waals surface area (Å²) in [6.45, 7) is 10.0. The highest BCUT2D eigenvalue weighted by Crippen LogP contribution is 2.18. The average Bonchev–Trinajstić information content (AvgIpc) is 2.66. The lowest BCUT2D eigenvalue weighted by molar-refractivity contribution is -0.159. The van der Waals surface area contributed by atoms with Crippen LogP contribution in [0.15, 0.2) is 18.2 Å². The van der Waals surface area contributed by atoms with E-state index in [9.17, 15) is 4.79 Å². The maximum atomic E-state index is 12.0. The zero-order chi connectivity index (χ0) is 20.9. The molecule has 1 aliphatic heterocycles. The summed E-state index contributed by atoms with van der Waals surface area (Å²) in [5, 5.41) is 21.0. The number of rotatable bonds is 7. The van der Waals surface area contributed by atoms with Gasteiger partial charge in [-0.25, -0.2) is 9.59 Å². The molecule has 1 aromatic carbocycles. The average molecular weight is 395 g/mol. The number of aryl methyl sites for hydroxylation is 2. The summed E-state index contributed by atoms with van der Waals surface area (Å²) in [7, 11) is 0. The van der Waals surface area contributed by atoms with E-state index in [0.717, 1.165) is 62.6 Å². The van der Waals surface area contributed by atoms with Crippen molar-refractivity contribution in [3.05, 3.63) is 29.3 Å². The number of carbonyl (C=O) groups is 3. The third-order valence-electron chi connectivity index (χ3n) is 4.15. The number of carboxylic acids is 2. The van der Waals surface area contributed by atoms with E-state index in [1.165, 1.54) is 0 Å². The van der Waals surface area contributed by atoms with Crippen molar-refractivity contribution in [3.63, 3.8) is 0 Å². The molecule has 1 saturated heterocycles. The Hall–Kier alpha value is -2.49. The number of benzene rings is 1. The largest absolute Gasteiger partial charge is 0.473 e. The Balaban J connectivity index is 0.000000568. The van der Waals surface area contributed by atoms with Gasteiger partial charge < -0.3 is 25.6 Å². The van der Waals surface area contributed by atoms with Gasteiger partial charge >= 0.3 is 11.9 Å². The fraction of sp³-hybridized carbons (Fsp3) is 0.526. The van der Waals surface area contributed by atoms with Crippen LogP contribution < -0.4 is 10.6 Å². The minimum Gasteiger partial charge on any atom is -0.473 e. The lowest BCUT2D eigenvalue weighted by Crippen LogP contribution is -2.38. The van der Waals surface area contributed by atoms with Gasteiger partial charge in [0.05, 0.1) is 19.8 Å². The molecule has 0 radical (unpaired) electrons. The Labute approximate surface area is 164 Å². The topological polar surface area (TPSA) is 128 Å². The van der Waals surface area contributed by atoms with Crippen LogP contribution in [0, 0.1) is 13.8 Å². The molecule has 0 saturated carbocycles. The maximum Gasteiger partial charge on any atom is 0.414 e. The van der Waals surface area contributed by atoms with Gasteiger partial charge in [0.1, 0.15) is 0 Å². The van der Waals surface area contributed by atoms with Gasteiger partial charge in [0.2, 0.25) is 5.91 Å². The summed E-state index contributed by atoms with van der Waals surface area (Å²) in [6.07, 6.45) is 1.05. The first-order valence-corrected chi connectivity index (χ1v) is 9.14. The van der Waals surface area contributed by atoms with Crippen LogP contribution in [0.4, 0.5) is 5.69 Å². The molecule has 156 valence electrons. The number of anilines is 1. The first kappa shape index (κ1) is 23.5. The molecule has 1 heterocycles. The summed E-state index contributed by atoms with van der Waals surface area (Å²) >= 11 is 0. The standard InChI is InChI=1S/C17H27N3O2.C2H2O4/c1-14-5-3-6-15(2)17(14)19-16(21)13-18-7-4-8-20-9-11-22-12-10-20;3-1(4)2(5)6/h3,5-6,18H,4,7-13H2,1-2H3,(H,19,21);(H,3,4)(H,5,6). The smallest absolute Gasteiger partial charge is 0.414 e. The molecule has 28 heavy (non-hydrogen) atoms. The van der Waals surface area contributed by atoms with E-state index >= 15 is 0 Å². The van der Waals surface area contributed by atoms with Crippen LogP contribution in [0.1, 0.15) is 17.5 Å². The van der Waals surface area contributed by atoms with Crippen molar-refractivity contribution in [1.29, 1.82) is 0 Å². The molecular formula is C19H29N3O6. The van der Waals surface area contributed by atoms with Crippen molar-refractivity contribution in [1.82, 2.24) is 10.2 Å². The molecule has 9 nitrogen and oxygen atoms in total. The minimum atomic E-state index is -1.82. The van der Waals surface area contributed by atoms with E-state index in [1.54, 1.807) is 0 Å². The molecule has 1 fully saturated rings. The van der Waals surface area contributed by atoms with Crippen LogP contribution in [-0.4, -0.2) is 78.9 Å². The molecule has 2 rings (SSSR count).